The lowest BCUT2D eigenvalue weighted by atomic mass is 10.1. The number of piperazine rings is 1. The van der Waals surface area contributed by atoms with Gasteiger partial charge in [-0.05, 0) is 67.1 Å². The van der Waals surface area contributed by atoms with Gasteiger partial charge in [0, 0.05) is 68.6 Å². The number of ether oxygens (including phenoxy) is 3. The average Bonchev–Trinajstić information content (AvgIpc) is 3.55. The van der Waals surface area contributed by atoms with Crippen molar-refractivity contribution in [3.05, 3.63) is 102 Å². The van der Waals surface area contributed by atoms with Crippen LogP contribution in [-0.4, -0.2) is 65.6 Å². The van der Waals surface area contributed by atoms with Crippen molar-refractivity contribution in [1.29, 1.82) is 0 Å². The number of pyridine rings is 1. The van der Waals surface area contributed by atoms with Gasteiger partial charge in [-0.1, -0.05) is 6.07 Å². The molecule has 2 aliphatic heterocycles. The third-order valence-corrected chi connectivity index (χ3v) is 8.08. The van der Waals surface area contributed by atoms with E-state index in [1.165, 1.54) is 30.5 Å². The van der Waals surface area contributed by atoms with E-state index in [0.717, 1.165) is 61.0 Å². The maximum absolute atomic E-state index is 14.9. The van der Waals surface area contributed by atoms with Crippen LogP contribution in [0.3, 0.4) is 0 Å². The Morgan fingerprint density at radius 2 is 1.65 bits per heavy atom. The molecular weight excluding hydrogens is 646 g/mol. The van der Waals surface area contributed by atoms with E-state index in [-0.39, 0.29) is 48.0 Å². The van der Waals surface area contributed by atoms with Crippen LogP contribution in [-0.2, 0) is 17.5 Å². The van der Waals surface area contributed by atoms with E-state index in [2.05, 4.69) is 20.5 Å². The fourth-order valence-electron chi connectivity index (χ4n) is 5.49. The van der Waals surface area contributed by atoms with Crippen molar-refractivity contribution in [2.75, 3.05) is 43.6 Å². The fourth-order valence-corrected chi connectivity index (χ4v) is 5.49. The SMILES string of the molecule is CC(CC(=O)N1CCN(Cc2ccc3c(c2)OCO3)CC1)Nc1ccc(Oc2ccc(NC(=O)c3ccc(C(F)(F)F)cc3)cn2)c(F)c1. The Kier molecular flexibility index (Phi) is 9.85. The third kappa shape index (κ3) is 8.57. The van der Waals surface area contributed by atoms with Gasteiger partial charge in [-0.25, -0.2) is 9.37 Å². The minimum absolute atomic E-state index is 0.0215. The van der Waals surface area contributed by atoms with Crippen LogP contribution in [0.5, 0.6) is 23.1 Å². The summed E-state index contributed by atoms with van der Waals surface area (Å²) in [4.78, 5) is 33.6. The second-order valence-electron chi connectivity index (χ2n) is 11.8. The van der Waals surface area contributed by atoms with Crippen molar-refractivity contribution in [3.8, 4) is 23.1 Å². The first kappa shape index (κ1) is 33.5. The molecule has 0 bridgehead atoms. The number of rotatable bonds is 10. The Morgan fingerprint density at radius 3 is 2.35 bits per heavy atom. The molecule has 1 aromatic heterocycles. The van der Waals surface area contributed by atoms with Crippen LogP contribution in [0.2, 0.25) is 0 Å². The molecule has 0 spiro atoms. The number of alkyl halides is 3. The highest BCUT2D eigenvalue weighted by Crippen LogP contribution is 2.33. The molecule has 2 aliphatic rings. The maximum atomic E-state index is 14.9. The molecule has 14 heteroatoms. The topological polar surface area (TPSA) is 105 Å². The van der Waals surface area contributed by atoms with E-state index in [1.54, 1.807) is 6.07 Å². The van der Waals surface area contributed by atoms with Gasteiger partial charge in [0.2, 0.25) is 18.6 Å². The van der Waals surface area contributed by atoms with E-state index < -0.39 is 23.5 Å². The van der Waals surface area contributed by atoms with E-state index in [9.17, 15) is 27.2 Å². The van der Waals surface area contributed by atoms with E-state index >= 15 is 0 Å². The quantitative estimate of drug-likeness (QED) is 0.182. The van der Waals surface area contributed by atoms with Crippen LogP contribution in [0.1, 0.15) is 34.8 Å². The molecule has 1 unspecified atom stereocenters. The van der Waals surface area contributed by atoms with E-state index in [4.69, 9.17) is 14.2 Å². The number of carbonyl (C=O) groups is 2. The Bertz CT molecular complexity index is 1800. The summed E-state index contributed by atoms with van der Waals surface area (Å²) in [5.41, 5.74) is 1.05. The highest BCUT2D eigenvalue weighted by molar-refractivity contribution is 6.04. The molecule has 1 fully saturated rings. The van der Waals surface area contributed by atoms with E-state index in [0.29, 0.717) is 18.8 Å². The first-order valence-electron chi connectivity index (χ1n) is 15.6. The van der Waals surface area contributed by atoms with Gasteiger partial charge < -0.3 is 29.7 Å². The molecule has 49 heavy (non-hydrogen) atoms. The van der Waals surface area contributed by atoms with Crippen molar-refractivity contribution in [3.63, 3.8) is 0 Å². The zero-order chi connectivity index (χ0) is 34.5. The molecule has 3 aromatic carbocycles. The van der Waals surface area contributed by atoms with Crippen molar-refractivity contribution in [2.45, 2.75) is 32.1 Å². The Hall–Kier alpha value is -5.37. The summed E-state index contributed by atoms with van der Waals surface area (Å²) >= 11 is 0. The minimum Gasteiger partial charge on any atom is -0.454 e. The molecule has 6 rings (SSSR count). The average molecular weight is 680 g/mol. The zero-order valence-electron chi connectivity index (χ0n) is 26.4. The Morgan fingerprint density at radius 1 is 0.918 bits per heavy atom. The molecule has 0 aliphatic carbocycles. The molecule has 0 radical (unpaired) electrons. The van der Waals surface area contributed by atoms with Crippen molar-refractivity contribution in [2.24, 2.45) is 0 Å². The number of anilines is 2. The molecule has 2 N–H and O–H groups in total. The maximum Gasteiger partial charge on any atom is 0.416 e. The van der Waals surface area contributed by atoms with Gasteiger partial charge in [-0.2, -0.15) is 13.2 Å². The largest absolute Gasteiger partial charge is 0.454 e. The standard InChI is InChI=1S/C35H33F4N5O5/c1-22(16-33(45)44-14-12-43(13-15-44)20-23-2-9-30-31(17-23)48-21-47-30)41-26-7-10-29(28(36)18-26)49-32-11-8-27(19-40-32)42-34(46)24-3-5-25(6-4-24)35(37,38)39/h2-11,17-19,22,41H,12-16,20-21H2,1H3,(H,42,46). The molecule has 0 saturated carbocycles. The van der Waals surface area contributed by atoms with Crippen LogP contribution < -0.4 is 24.8 Å². The molecule has 1 saturated heterocycles. The highest BCUT2D eigenvalue weighted by Gasteiger charge is 2.30. The summed E-state index contributed by atoms with van der Waals surface area (Å²) in [5, 5.41) is 5.71. The predicted octanol–water partition coefficient (Wildman–Crippen LogP) is 6.55. The van der Waals surface area contributed by atoms with E-state index in [1.807, 2.05) is 30.0 Å². The van der Waals surface area contributed by atoms with Gasteiger partial charge in [-0.15, -0.1) is 0 Å². The van der Waals surface area contributed by atoms with Crippen LogP contribution in [0.25, 0.3) is 0 Å². The number of fused-ring (bicyclic) bond motifs is 1. The van der Waals surface area contributed by atoms with Crippen LogP contribution in [0, 0.1) is 5.82 Å². The van der Waals surface area contributed by atoms with Crippen LogP contribution in [0.15, 0.2) is 79.0 Å². The summed E-state index contributed by atoms with van der Waals surface area (Å²) in [6, 6.07) is 16.7. The second kappa shape index (κ2) is 14.4. The predicted molar refractivity (Wildman–Crippen MR) is 172 cm³/mol. The van der Waals surface area contributed by atoms with Gasteiger partial charge in [0.15, 0.2) is 23.1 Å². The Labute approximate surface area is 279 Å². The van der Waals surface area contributed by atoms with Crippen molar-refractivity contribution < 1.29 is 41.4 Å². The lowest BCUT2D eigenvalue weighted by molar-refractivity contribution is -0.137. The number of halogens is 4. The first-order chi connectivity index (χ1) is 23.5. The van der Waals surface area contributed by atoms with Crippen LogP contribution >= 0.6 is 0 Å². The summed E-state index contributed by atoms with van der Waals surface area (Å²) in [6.07, 6.45) is -2.98. The Balaban J connectivity index is 0.942. The smallest absolute Gasteiger partial charge is 0.416 e. The fraction of sp³-hybridized carbons (Fsp3) is 0.286. The molecule has 10 nitrogen and oxygen atoms in total. The van der Waals surface area contributed by atoms with Crippen LogP contribution in [0.4, 0.5) is 28.9 Å². The molecule has 2 amide bonds. The van der Waals surface area contributed by atoms with Gasteiger partial charge in [0.1, 0.15) is 0 Å². The summed E-state index contributed by atoms with van der Waals surface area (Å²) in [7, 11) is 0. The molecule has 3 heterocycles. The number of amides is 2. The molecule has 4 aromatic rings. The number of benzene rings is 3. The monoisotopic (exact) mass is 679 g/mol. The molecular formula is C35H33F4N5O5. The number of carbonyl (C=O) groups excluding carboxylic acids is 2. The van der Waals surface area contributed by atoms with Gasteiger partial charge in [-0.3, -0.25) is 14.5 Å². The molecule has 1 atom stereocenters. The van der Waals surface area contributed by atoms with Crippen molar-refractivity contribution in [1.82, 2.24) is 14.8 Å². The zero-order valence-corrected chi connectivity index (χ0v) is 26.4. The summed E-state index contributed by atoms with van der Waals surface area (Å²) in [5.74, 6) is 0.237. The number of nitrogens with zero attached hydrogens (tertiary/aromatic N) is 3. The van der Waals surface area contributed by atoms with Crippen molar-refractivity contribution >= 4 is 23.2 Å². The number of hydrogen-bond acceptors (Lipinski definition) is 8. The second-order valence-corrected chi connectivity index (χ2v) is 11.8. The first-order valence-corrected chi connectivity index (χ1v) is 15.6. The summed E-state index contributed by atoms with van der Waals surface area (Å²) < 4.78 is 69.6. The third-order valence-electron chi connectivity index (χ3n) is 8.08. The molecule has 256 valence electrons. The lowest BCUT2D eigenvalue weighted by Gasteiger charge is -2.35. The van der Waals surface area contributed by atoms with Gasteiger partial charge in [0.25, 0.3) is 5.91 Å². The number of aromatic nitrogens is 1. The highest BCUT2D eigenvalue weighted by atomic mass is 19.4. The summed E-state index contributed by atoms with van der Waals surface area (Å²) in [6.45, 7) is 5.61. The minimum atomic E-state index is -4.50. The van der Waals surface area contributed by atoms with Gasteiger partial charge >= 0.3 is 6.18 Å². The number of nitrogens with one attached hydrogen (secondary N) is 2. The lowest BCUT2D eigenvalue weighted by Crippen LogP contribution is -2.49. The number of hydrogen-bond donors (Lipinski definition) is 2. The van der Waals surface area contributed by atoms with Gasteiger partial charge in [0.05, 0.1) is 17.4 Å². The normalized spacial score (nSPS) is 15.1.